The summed E-state index contributed by atoms with van der Waals surface area (Å²) in [4.78, 5) is 39.5. The first-order valence-corrected chi connectivity index (χ1v) is 9.67. The predicted molar refractivity (Wildman–Crippen MR) is 118 cm³/mol. The van der Waals surface area contributed by atoms with Gasteiger partial charge in [-0.05, 0) is 30.3 Å². The van der Waals surface area contributed by atoms with Crippen molar-refractivity contribution in [3.05, 3.63) is 77.4 Å². The smallest absolute Gasteiger partial charge is 0.266 e. The van der Waals surface area contributed by atoms with Gasteiger partial charge in [-0.25, -0.2) is 4.90 Å². The Bertz CT molecular complexity index is 1180. The molecule has 1 heterocycles. The van der Waals surface area contributed by atoms with E-state index in [9.17, 15) is 14.4 Å². The number of nitrogens with one attached hydrogen (secondary N) is 1. The van der Waals surface area contributed by atoms with Crippen LogP contribution in [0.15, 0.2) is 60.7 Å². The summed E-state index contributed by atoms with van der Waals surface area (Å²) in [7, 11) is 4.45. The van der Waals surface area contributed by atoms with Crippen molar-refractivity contribution >= 4 is 29.1 Å². The number of ether oxygens (including phenoxy) is 3. The summed E-state index contributed by atoms with van der Waals surface area (Å²) in [5.41, 5.74) is 1.69. The second-order valence-corrected chi connectivity index (χ2v) is 6.91. The van der Waals surface area contributed by atoms with E-state index in [2.05, 4.69) is 5.32 Å². The number of fused-ring (bicyclic) bond motifs is 1. The molecule has 0 spiro atoms. The van der Waals surface area contributed by atoms with E-state index in [-0.39, 0.29) is 5.56 Å². The van der Waals surface area contributed by atoms with E-state index in [1.807, 2.05) is 0 Å². The molecule has 0 fully saturated rings. The van der Waals surface area contributed by atoms with Gasteiger partial charge in [0.05, 0.1) is 38.1 Å². The molecule has 0 unspecified atom stereocenters. The standard InChI is InChI=1S/C24H20N2O6/c1-30-19-12-15(13-20(31-2)21(19)32-3)25-22(27)14-7-6-8-16(11-14)26-23(28)17-9-4-5-10-18(17)24(26)29/h4-13H,1-3H3,(H,25,27). The van der Waals surface area contributed by atoms with E-state index in [0.717, 1.165) is 4.90 Å². The topological polar surface area (TPSA) is 94.2 Å². The van der Waals surface area contributed by atoms with E-state index in [1.54, 1.807) is 54.6 Å². The minimum Gasteiger partial charge on any atom is -0.493 e. The number of imide groups is 1. The monoisotopic (exact) mass is 432 g/mol. The second kappa shape index (κ2) is 8.43. The van der Waals surface area contributed by atoms with Crippen LogP contribution < -0.4 is 24.4 Å². The molecule has 1 aliphatic rings. The molecule has 0 saturated heterocycles. The molecule has 0 atom stereocenters. The molecular formula is C24H20N2O6. The van der Waals surface area contributed by atoms with Gasteiger partial charge in [0.25, 0.3) is 17.7 Å². The molecule has 3 aromatic rings. The Kier molecular flexibility index (Phi) is 5.51. The van der Waals surface area contributed by atoms with E-state index in [1.165, 1.54) is 27.4 Å². The number of carbonyl (C=O) groups excluding carboxylic acids is 3. The molecule has 0 aliphatic carbocycles. The van der Waals surface area contributed by atoms with Gasteiger partial charge in [0.1, 0.15) is 0 Å². The van der Waals surface area contributed by atoms with Crippen molar-refractivity contribution in [3.8, 4) is 17.2 Å². The van der Waals surface area contributed by atoms with Crippen molar-refractivity contribution < 1.29 is 28.6 Å². The van der Waals surface area contributed by atoms with Gasteiger partial charge >= 0.3 is 0 Å². The Labute approximate surface area is 184 Å². The van der Waals surface area contributed by atoms with Crippen LogP contribution in [0.2, 0.25) is 0 Å². The Hall–Kier alpha value is -4.33. The first-order chi connectivity index (χ1) is 15.5. The summed E-state index contributed by atoms with van der Waals surface area (Å²) in [6.07, 6.45) is 0. The van der Waals surface area contributed by atoms with Gasteiger partial charge in [-0.15, -0.1) is 0 Å². The minimum atomic E-state index is -0.433. The largest absolute Gasteiger partial charge is 0.493 e. The third kappa shape index (κ3) is 3.51. The lowest BCUT2D eigenvalue weighted by atomic mass is 10.1. The summed E-state index contributed by atoms with van der Waals surface area (Å²) >= 11 is 0. The molecule has 0 bridgehead atoms. The Morgan fingerprint density at radius 2 is 1.38 bits per heavy atom. The number of amides is 3. The van der Waals surface area contributed by atoms with Crippen molar-refractivity contribution in [2.75, 3.05) is 31.5 Å². The van der Waals surface area contributed by atoms with Crippen molar-refractivity contribution in [3.63, 3.8) is 0 Å². The lowest BCUT2D eigenvalue weighted by Gasteiger charge is -2.16. The molecule has 0 aromatic heterocycles. The Morgan fingerprint density at radius 1 is 0.781 bits per heavy atom. The van der Waals surface area contributed by atoms with Crippen molar-refractivity contribution in [1.82, 2.24) is 0 Å². The Balaban J connectivity index is 1.62. The second-order valence-electron chi connectivity index (χ2n) is 6.91. The van der Waals surface area contributed by atoms with Crippen molar-refractivity contribution in [2.45, 2.75) is 0 Å². The van der Waals surface area contributed by atoms with Crippen LogP contribution in [0.4, 0.5) is 11.4 Å². The third-order valence-corrected chi connectivity index (χ3v) is 5.08. The van der Waals surface area contributed by atoms with Crippen LogP contribution in [0.25, 0.3) is 0 Å². The van der Waals surface area contributed by atoms with E-state index < -0.39 is 17.7 Å². The van der Waals surface area contributed by atoms with E-state index >= 15 is 0 Å². The molecule has 3 aromatic carbocycles. The number of benzene rings is 3. The number of anilines is 2. The average Bonchev–Trinajstić information content (AvgIpc) is 3.08. The zero-order chi connectivity index (χ0) is 22.8. The first-order valence-electron chi connectivity index (χ1n) is 9.67. The van der Waals surface area contributed by atoms with Crippen LogP contribution in [-0.2, 0) is 0 Å². The average molecular weight is 432 g/mol. The highest BCUT2D eigenvalue weighted by atomic mass is 16.5. The van der Waals surface area contributed by atoms with E-state index in [4.69, 9.17) is 14.2 Å². The van der Waals surface area contributed by atoms with Crippen LogP contribution in [-0.4, -0.2) is 39.1 Å². The SMILES string of the molecule is COc1cc(NC(=O)c2cccc(N3C(=O)c4ccccc4C3=O)c2)cc(OC)c1OC. The third-order valence-electron chi connectivity index (χ3n) is 5.08. The molecule has 1 aliphatic heterocycles. The van der Waals surface area contributed by atoms with Gasteiger partial charge in [0.2, 0.25) is 5.75 Å². The Morgan fingerprint density at radius 3 is 1.91 bits per heavy atom. The maximum atomic E-state index is 12.9. The maximum absolute atomic E-state index is 12.9. The fourth-order valence-corrected chi connectivity index (χ4v) is 3.57. The molecule has 162 valence electrons. The molecule has 0 saturated carbocycles. The molecule has 32 heavy (non-hydrogen) atoms. The predicted octanol–water partition coefficient (Wildman–Crippen LogP) is 3.77. The molecule has 8 nitrogen and oxygen atoms in total. The normalized spacial score (nSPS) is 12.4. The first kappa shape index (κ1) is 20.9. The van der Waals surface area contributed by atoms with Gasteiger partial charge < -0.3 is 19.5 Å². The molecule has 3 amide bonds. The zero-order valence-corrected chi connectivity index (χ0v) is 17.7. The fraction of sp³-hybridized carbons (Fsp3) is 0.125. The van der Waals surface area contributed by atoms with Crippen LogP contribution in [0, 0.1) is 0 Å². The van der Waals surface area contributed by atoms with Gasteiger partial charge in [0.15, 0.2) is 11.5 Å². The van der Waals surface area contributed by atoms with Crippen LogP contribution in [0.3, 0.4) is 0 Å². The summed E-state index contributed by atoms with van der Waals surface area (Å²) in [5, 5.41) is 2.77. The number of rotatable bonds is 6. The fourth-order valence-electron chi connectivity index (χ4n) is 3.57. The lowest BCUT2D eigenvalue weighted by Crippen LogP contribution is -2.29. The molecular weight excluding hydrogens is 412 g/mol. The summed E-state index contributed by atoms with van der Waals surface area (Å²) in [5.74, 6) is -0.0947. The van der Waals surface area contributed by atoms with E-state index in [0.29, 0.717) is 39.8 Å². The highest BCUT2D eigenvalue weighted by molar-refractivity contribution is 6.34. The highest BCUT2D eigenvalue weighted by Crippen LogP contribution is 2.40. The number of carbonyl (C=O) groups is 3. The zero-order valence-electron chi connectivity index (χ0n) is 17.7. The van der Waals surface area contributed by atoms with Gasteiger partial charge in [0, 0.05) is 23.4 Å². The van der Waals surface area contributed by atoms with Crippen molar-refractivity contribution in [1.29, 1.82) is 0 Å². The highest BCUT2D eigenvalue weighted by Gasteiger charge is 2.36. The minimum absolute atomic E-state index is 0.271. The maximum Gasteiger partial charge on any atom is 0.266 e. The van der Waals surface area contributed by atoms with Gasteiger partial charge in [-0.3, -0.25) is 14.4 Å². The molecule has 4 rings (SSSR count). The quantitative estimate of drug-likeness (QED) is 0.596. The molecule has 1 N–H and O–H groups in total. The number of methoxy groups -OCH3 is 3. The van der Waals surface area contributed by atoms with Crippen LogP contribution >= 0.6 is 0 Å². The van der Waals surface area contributed by atoms with Gasteiger partial charge in [-0.2, -0.15) is 0 Å². The van der Waals surface area contributed by atoms with Crippen LogP contribution in [0.5, 0.6) is 17.2 Å². The number of nitrogens with zero attached hydrogens (tertiary/aromatic N) is 1. The molecule has 8 heteroatoms. The number of hydrogen-bond donors (Lipinski definition) is 1. The summed E-state index contributed by atoms with van der Waals surface area (Å²) in [6.45, 7) is 0. The summed E-state index contributed by atoms with van der Waals surface area (Å²) in [6, 6.07) is 16.1. The number of hydrogen-bond acceptors (Lipinski definition) is 6. The molecule has 0 radical (unpaired) electrons. The van der Waals surface area contributed by atoms with Crippen LogP contribution in [0.1, 0.15) is 31.1 Å². The summed E-state index contributed by atoms with van der Waals surface area (Å²) < 4.78 is 15.9. The lowest BCUT2D eigenvalue weighted by molar-refractivity contribution is 0.0924. The van der Waals surface area contributed by atoms with Crippen molar-refractivity contribution in [2.24, 2.45) is 0 Å². The van der Waals surface area contributed by atoms with Gasteiger partial charge in [-0.1, -0.05) is 18.2 Å².